The summed E-state index contributed by atoms with van der Waals surface area (Å²) in [4.78, 5) is 17.2. The molecule has 3 atom stereocenters. The monoisotopic (exact) mass is 449 g/mol. The van der Waals surface area contributed by atoms with E-state index in [0.29, 0.717) is 12.8 Å². The van der Waals surface area contributed by atoms with Gasteiger partial charge in [-0.2, -0.15) is 13.2 Å². The Bertz CT molecular complexity index is 959. The number of hydrogen-bond acceptors (Lipinski definition) is 4. The van der Waals surface area contributed by atoms with Crippen molar-refractivity contribution in [1.82, 2.24) is 4.98 Å². The second kappa shape index (κ2) is 8.85. The molecule has 7 heteroatoms. The number of esters is 1. The normalized spacial score (nSPS) is 20.3. The van der Waals surface area contributed by atoms with Gasteiger partial charge in [-0.3, -0.25) is 4.98 Å². The van der Waals surface area contributed by atoms with E-state index in [1.165, 1.54) is 35.4 Å². The van der Waals surface area contributed by atoms with Crippen molar-refractivity contribution < 1.29 is 27.4 Å². The van der Waals surface area contributed by atoms with Crippen LogP contribution in [0.3, 0.4) is 0 Å². The molecule has 0 aliphatic heterocycles. The maximum atomic E-state index is 14.1. The van der Waals surface area contributed by atoms with Crippen LogP contribution in [-0.2, 0) is 31.7 Å². The van der Waals surface area contributed by atoms with Crippen molar-refractivity contribution in [3.8, 4) is 0 Å². The summed E-state index contributed by atoms with van der Waals surface area (Å²) in [5.74, 6) is -1.16. The zero-order chi connectivity index (χ0) is 23.7. The number of methoxy groups -OCH3 is 1. The lowest BCUT2D eigenvalue weighted by Crippen LogP contribution is -2.52. The van der Waals surface area contributed by atoms with Crippen molar-refractivity contribution in [3.63, 3.8) is 0 Å². The predicted octanol–water partition coefficient (Wildman–Crippen LogP) is 5.66. The summed E-state index contributed by atoms with van der Waals surface area (Å²) in [5.41, 5.74) is -0.0309. The van der Waals surface area contributed by atoms with E-state index in [4.69, 9.17) is 9.47 Å². The minimum atomic E-state index is -4.97. The second-order valence-electron chi connectivity index (χ2n) is 9.09. The number of halogens is 3. The lowest BCUT2D eigenvalue weighted by atomic mass is 9.76. The van der Waals surface area contributed by atoms with Crippen molar-refractivity contribution in [3.05, 3.63) is 65.0 Å². The van der Waals surface area contributed by atoms with E-state index in [1.807, 2.05) is 19.2 Å². The molecular formula is C25H30F3NO3. The first-order valence-electron chi connectivity index (χ1n) is 10.8. The smallest absolute Gasteiger partial charge is 0.432 e. The van der Waals surface area contributed by atoms with Crippen LogP contribution in [0.2, 0.25) is 0 Å². The van der Waals surface area contributed by atoms with Crippen molar-refractivity contribution in [1.29, 1.82) is 0 Å². The van der Waals surface area contributed by atoms with Crippen LogP contribution in [0.25, 0.3) is 0 Å². The van der Waals surface area contributed by atoms with Crippen molar-refractivity contribution in [2.24, 2.45) is 5.92 Å². The largest absolute Gasteiger partial charge is 0.460 e. The number of fused-ring (bicyclic) bond motifs is 1. The molecule has 3 rings (SSSR count). The molecule has 0 fully saturated rings. The minimum Gasteiger partial charge on any atom is -0.460 e. The molecule has 1 heterocycles. The van der Waals surface area contributed by atoms with Crippen LogP contribution in [0, 0.1) is 12.8 Å². The zero-order valence-corrected chi connectivity index (χ0v) is 19.1. The molecule has 0 saturated carbocycles. The molecule has 0 radical (unpaired) electrons. The number of aromatic nitrogens is 1. The number of carbonyl (C=O) groups is 1. The standard InChI is InChI=1S/C25H30F3NO3/c1-16(11-12-19-15-20-17(2)29-14-13-21(20)23(19,3)4)32-22(30)24(31-5,25(26,27)28)18-9-7-6-8-10-18/h6-10,13-14,16,19H,11-12,15H2,1-5H3/t16-,19?,24-/m1/s1. The number of hydrogen-bond donors (Lipinski definition) is 0. The van der Waals surface area contributed by atoms with Crippen molar-refractivity contribution in [2.45, 2.75) is 70.3 Å². The zero-order valence-electron chi connectivity index (χ0n) is 19.1. The third-order valence-corrected chi connectivity index (χ3v) is 6.84. The Morgan fingerprint density at radius 1 is 1.22 bits per heavy atom. The summed E-state index contributed by atoms with van der Waals surface area (Å²) in [5, 5.41) is 0. The van der Waals surface area contributed by atoms with Gasteiger partial charge in [-0.25, -0.2) is 4.79 Å². The second-order valence-corrected chi connectivity index (χ2v) is 9.09. The highest BCUT2D eigenvalue weighted by Crippen LogP contribution is 2.46. The van der Waals surface area contributed by atoms with Gasteiger partial charge >= 0.3 is 12.1 Å². The number of nitrogens with zero attached hydrogens (tertiary/aromatic N) is 1. The highest BCUT2D eigenvalue weighted by Gasteiger charge is 2.64. The first-order chi connectivity index (χ1) is 14.9. The molecule has 2 aromatic rings. The van der Waals surface area contributed by atoms with E-state index < -0.39 is 23.9 Å². The Labute approximate surface area is 187 Å². The molecule has 1 aromatic carbocycles. The van der Waals surface area contributed by atoms with Gasteiger partial charge in [-0.05, 0) is 61.6 Å². The summed E-state index contributed by atoms with van der Waals surface area (Å²) in [7, 11) is 0.876. The van der Waals surface area contributed by atoms with Gasteiger partial charge in [0, 0.05) is 24.6 Å². The molecule has 32 heavy (non-hydrogen) atoms. The van der Waals surface area contributed by atoms with Crippen LogP contribution in [0.1, 0.15) is 56.0 Å². The minimum absolute atomic E-state index is 0.0843. The first kappa shape index (κ1) is 24.2. The van der Waals surface area contributed by atoms with Crippen LogP contribution in [0.15, 0.2) is 42.6 Å². The summed E-state index contributed by atoms with van der Waals surface area (Å²) in [6, 6.07) is 8.92. The summed E-state index contributed by atoms with van der Waals surface area (Å²) in [6.07, 6.45) is -1.83. The Balaban J connectivity index is 1.72. The number of alkyl halides is 3. The van der Waals surface area contributed by atoms with E-state index in [-0.39, 0.29) is 16.9 Å². The first-order valence-corrected chi connectivity index (χ1v) is 10.8. The van der Waals surface area contributed by atoms with E-state index >= 15 is 0 Å². The van der Waals surface area contributed by atoms with Crippen molar-refractivity contribution in [2.75, 3.05) is 7.11 Å². The number of ether oxygens (including phenoxy) is 2. The lowest BCUT2D eigenvalue weighted by Gasteiger charge is -2.34. The fourth-order valence-corrected chi connectivity index (χ4v) is 4.79. The average molecular weight is 450 g/mol. The maximum Gasteiger partial charge on any atom is 0.432 e. The third kappa shape index (κ3) is 4.15. The molecule has 1 aromatic heterocycles. The Hall–Kier alpha value is -2.41. The van der Waals surface area contributed by atoms with Crippen LogP contribution < -0.4 is 0 Å². The molecule has 1 aliphatic carbocycles. The fourth-order valence-electron chi connectivity index (χ4n) is 4.79. The number of carbonyl (C=O) groups excluding carboxylic acids is 1. The van der Waals surface area contributed by atoms with Gasteiger partial charge in [-0.1, -0.05) is 44.2 Å². The molecule has 0 N–H and O–H groups in total. The summed E-state index contributed by atoms with van der Waals surface area (Å²) < 4.78 is 52.3. The number of aryl methyl sites for hydroxylation is 1. The highest BCUT2D eigenvalue weighted by molar-refractivity contribution is 5.82. The molecule has 0 bridgehead atoms. The Kier molecular flexibility index (Phi) is 6.70. The molecular weight excluding hydrogens is 419 g/mol. The molecule has 1 aliphatic rings. The van der Waals surface area contributed by atoms with E-state index in [0.717, 1.165) is 19.2 Å². The number of pyridine rings is 1. The molecule has 0 saturated heterocycles. The van der Waals surface area contributed by atoms with Crippen LogP contribution in [-0.4, -0.2) is 30.3 Å². The van der Waals surface area contributed by atoms with Crippen LogP contribution in [0.4, 0.5) is 13.2 Å². The molecule has 1 unspecified atom stereocenters. The van der Waals surface area contributed by atoms with Crippen LogP contribution >= 0.6 is 0 Å². The van der Waals surface area contributed by atoms with Gasteiger partial charge in [0.25, 0.3) is 5.60 Å². The molecule has 0 spiro atoms. The molecule has 4 nitrogen and oxygen atoms in total. The summed E-state index contributed by atoms with van der Waals surface area (Å²) in [6.45, 7) is 7.97. The predicted molar refractivity (Wildman–Crippen MR) is 115 cm³/mol. The topological polar surface area (TPSA) is 48.4 Å². The highest BCUT2D eigenvalue weighted by atomic mass is 19.4. The fraction of sp³-hybridized carbons (Fsp3) is 0.520. The van der Waals surface area contributed by atoms with Gasteiger partial charge in [0.05, 0.1) is 6.10 Å². The molecule has 0 amide bonds. The van der Waals surface area contributed by atoms with Gasteiger partial charge < -0.3 is 9.47 Å². The van der Waals surface area contributed by atoms with Gasteiger partial charge in [-0.15, -0.1) is 0 Å². The van der Waals surface area contributed by atoms with Crippen molar-refractivity contribution >= 4 is 5.97 Å². The Morgan fingerprint density at radius 3 is 2.44 bits per heavy atom. The Morgan fingerprint density at radius 2 is 1.88 bits per heavy atom. The van der Waals surface area contributed by atoms with E-state index in [1.54, 1.807) is 13.0 Å². The average Bonchev–Trinajstić information content (AvgIpc) is 2.98. The van der Waals surface area contributed by atoms with Crippen LogP contribution in [0.5, 0.6) is 0 Å². The summed E-state index contributed by atoms with van der Waals surface area (Å²) >= 11 is 0. The number of rotatable bonds is 7. The van der Waals surface area contributed by atoms with Gasteiger partial charge in [0.2, 0.25) is 0 Å². The van der Waals surface area contributed by atoms with E-state index in [9.17, 15) is 18.0 Å². The van der Waals surface area contributed by atoms with Gasteiger partial charge in [0.1, 0.15) is 0 Å². The molecule has 174 valence electrons. The maximum absolute atomic E-state index is 14.1. The third-order valence-electron chi connectivity index (χ3n) is 6.84. The van der Waals surface area contributed by atoms with E-state index in [2.05, 4.69) is 18.8 Å². The quantitative estimate of drug-likeness (QED) is 0.512. The number of benzene rings is 1. The van der Waals surface area contributed by atoms with Gasteiger partial charge in [0.15, 0.2) is 0 Å². The SMILES string of the molecule is CO[C@@](C(=O)O[C@H](C)CCC1Cc2c(ccnc2C)C1(C)C)(c1ccccc1)C(F)(F)F. The lowest BCUT2D eigenvalue weighted by molar-refractivity contribution is -0.278.